The molecule has 2 aromatic carbocycles. The van der Waals surface area contributed by atoms with Gasteiger partial charge in [-0.05, 0) is 49.4 Å². The van der Waals surface area contributed by atoms with Crippen LogP contribution < -0.4 is 15.2 Å². The van der Waals surface area contributed by atoms with Gasteiger partial charge in [-0.25, -0.2) is 8.42 Å². The Morgan fingerprint density at radius 1 is 0.931 bits per heavy atom. The van der Waals surface area contributed by atoms with Gasteiger partial charge in [0.15, 0.2) is 0 Å². The monoisotopic (exact) mass is 412 g/mol. The zero-order valence-electron chi connectivity index (χ0n) is 15.6. The van der Waals surface area contributed by atoms with Crippen LogP contribution in [-0.2, 0) is 10.0 Å². The molecule has 1 aromatic heterocycles. The van der Waals surface area contributed by atoms with Gasteiger partial charge in [0.05, 0.1) is 10.6 Å². The number of H-pyrrole nitrogens is 1. The normalized spacial score (nSPS) is 10.9. The fourth-order valence-corrected chi connectivity index (χ4v) is 4.26. The minimum Gasteiger partial charge on any atom is -0.357 e. The molecule has 0 bridgehead atoms. The van der Waals surface area contributed by atoms with Gasteiger partial charge < -0.3 is 4.98 Å². The molecule has 0 aliphatic heterocycles. The highest BCUT2D eigenvalue weighted by atomic mass is 32.2. The second kappa shape index (κ2) is 8.61. The maximum Gasteiger partial charge on any atom is 0.286 e. The van der Waals surface area contributed by atoms with Crippen LogP contribution in [0.3, 0.4) is 0 Å². The number of sulfonamides is 1. The summed E-state index contributed by atoms with van der Waals surface area (Å²) in [5.41, 5.74) is 5.46. The molecular weight excluding hydrogens is 392 g/mol. The van der Waals surface area contributed by atoms with E-state index in [0.717, 1.165) is 0 Å². The lowest BCUT2D eigenvalue weighted by Gasteiger charge is -2.23. The first-order valence-corrected chi connectivity index (χ1v) is 10.3. The molecule has 0 unspecified atom stereocenters. The summed E-state index contributed by atoms with van der Waals surface area (Å²) in [6.07, 6.45) is 1.58. The van der Waals surface area contributed by atoms with E-state index in [1.807, 2.05) is 0 Å². The second-order valence-electron chi connectivity index (χ2n) is 6.03. The SMILES string of the molecule is CCN(c1ccccc1)S(=O)(=O)c1cccc(C(=O)NNC(=O)c2ccc[nH]2)c1. The van der Waals surface area contributed by atoms with Gasteiger partial charge in [-0.3, -0.25) is 24.7 Å². The lowest BCUT2D eigenvalue weighted by molar-refractivity contribution is 0.0844. The molecule has 0 spiro atoms. The topological polar surface area (TPSA) is 111 Å². The maximum atomic E-state index is 13.1. The number of benzene rings is 2. The molecule has 0 aliphatic carbocycles. The number of para-hydroxylation sites is 1. The Morgan fingerprint density at radius 3 is 2.31 bits per heavy atom. The molecule has 0 aliphatic rings. The van der Waals surface area contributed by atoms with Gasteiger partial charge in [-0.15, -0.1) is 0 Å². The number of aromatic amines is 1. The maximum absolute atomic E-state index is 13.1. The van der Waals surface area contributed by atoms with Crippen molar-refractivity contribution in [3.63, 3.8) is 0 Å². The van der Waals surface area contributed by atoms with Gasteiger partial charge >= 0.3 is 0 Å². The molecule has 8 nitrogen and oxygen atoms in total. The van der Waals surface area contributed by atoms with Gasteiger partial charge in [-0.1, -0.05) is 24.3 Å². The molecule has 2 amide bonds. The zero-order chi connectivity index (χ0) is 20.9. The summed E-state index contributed by atoms with van der Waals surface area (Å²) in [4.78, 5) is 26.9. The molecule has 0 fully saturated rings. The molecule has 9 heteroatoms. The van der Waals surface area contributed by atoms with Gasteiger partial charge in [0.25, 0.3) is 21.8 Å². The summed E-state index contributed by atoms with van der Waals surface area (Å²) in [6.45, 7) is 1.96. The number of hydrogen-bond donors (Lipinski definition) is 3. The van der Waals surface area contributed by atoms with Gasteiger partial charge in [0.1, 0.15) is 5.69 Å². The van der Waals surface area contributed by atoms with Crippen molar-refractivity contribution < 1.29 is 18.0 Å². The molecule has 3 rings (SSSR count). The number of hydrazine groups is 1. The van der Waals surface area contributed by atoms with E-state index in [4.69, 9.17) is 0 Å². The Bertz CT molecular complexity index is 1100. The van der Waals surface area contributed by atoms with E-state index in [9.17, 15) is 18.0 Å². The molecular formula is C20H20N4O4S. The van der Waals surface area contributed by atoms with Crippen molar-refractivity contribution in [1.82, 2.24) is 15.8 Å². The van der Waals surface area contributed by atoms with E-state index in [1.165, 1.54) is 28.6 Å². The highest BCUT2D eigenvalue weighted by molar-refractivity contribution is 7.92. The fraction of sp³-hybridized carbons (Fsp3) is 0.100. The Hall–Kier alpha value is -3.59. The van der Waals surface area contributed by atoms with Crippen LogP contribution in [0.4, 0.5) is 5.69 Å². The van der Waals surface area contributed by atoms with E-state index in [1.54, 1.807) is 55.6 Å². The summed E-state index contributed by atoms with van der Waals surface area (Å²) in [6, 6.07) is 17.6. The predicted molar refractivity (Wildman–Crippen MR) is 109 cm³/mol. The Labute approximate surface area is 168 Å². The van der Waals surface area contributed by atoms with E-state index in [2.05, 4.69) is 15.8 Å². The van der Waals surface area contributed by atoms with Crippen molar-refractivity contribution in [1.29, 1.82) is 0 Å². The van der Waals surface area contributed by atoms with Crippen molar-refractivity contribution in [3.05, 3.63) is 84.2 Å². The summed E-state index contributed by atoms with van der Waals surface area (Å²) in [7, 11) is -3.87. The first kappa shape index (κ1) is 20.2. The number of hydrogen-bond acceptors (Lipinski definition) is 4. The van der Waals surface area contributed by atoms with Crippen LogP contribution in [0.25, 0.3) is 0 Å². The van der Waals surface area contributed by atoms with Gasteiger partial charge in [0, 0.05) is 18.3 Å². The summed E-state index contributed by atoms with van der Waals surface area (Å²) >= 11 is 0. The average Bonchev–Trinajstić information content (AvgIpc) is 3.28. The number of rotatable bonds is 6. The molecule has 150 valence electrons. The van der Waals surface area contributed by atoms with Crippen molar-refractivity contribution >= 4 is 27.5 Å². The Morgan fingerprint density at radius 2 is 1.66 bits per heavy atom. The van der Waals surface area contributed by atoms with E-state index < -0.39 is 21.8 Å². The molecule has 0 atom stereocenters. The lowest BCUT2D eigenvalue weighted by atomic mass is 10.2. The van der Waals surface area contributed by atoms with Crippen LogP contribution in [0.2, 0.25) is 0 Å². The molecule has 1 heterocycles. The van der Waals surface area contributed by atoms with E-state index in [0.29, 0.717) is 5.69 Å². The quantitative estimate of drug-likeness (QED) is 0.540. The molecule has 29 heavy (non-hydrogen) atoms. The first-order valence-electron chi connectivity index (χ1n) is 8.85. The van der Waals surface area contributed by atoms with E-state index >= 15 is 0 Å². The number of anilines is 1. The summed E-state index contributed by atoms with van der Waals surface area (Å²) < 4.78 is 27.4. The number of aromatic nitrogens is 1. The van der Waals surface area contributed by atoms with Gasteiger partial charge in [-0.2, -0.15) is 0 Å². The first-order chi connectivity index (χ1) is 13.9. The lowest BCUT2D eigenvalue weighted by Crippen LogP contribution is -2.41. The van der Waals surface area contributed by atoms with Crippen molar-refractivity contribution in [2.24, 2.45) is 0 Å². The molecule has 0 saturated heterocycles. The molecule has 3 aromatic rings. The van der Waals surface area contributed by atoms with Crippen LogP contribution >= 0.6 is 0 Å². The largest absolute Gasteiger partial charge is 0.357 e. The minimum atomic E-state index is -3.87. The molecule has 3 N–H and O–H groups in total. The predicted octanol–water partition coefficient (Wildman–Crippen LogP) is 2.30. The number of carbonyl (C=O) groups is 2. The van der Waals surface area contributed by atoms with Crippen LogP contribution in [-0.4, -0.2) is 31.8 Å². The Kier molecular flexibility index (Phi) is 5.99. The fourth-order valence-electron chi connectivity index (χ4n) is 2.74. The smallest absolute Gasteiger partial charge is 0.286 e. The van der Waals surface area contributed by atoms with Crippen LogP contribution in [0, 0.1) is 0 Å². The summed E-state index contributed by atoms with van der Waals surface area (Å²) in [5, 5.41) is 0. The second-order valence-corrected chi connectivity index (χ2v) is 7.89. The molecule has 0 radical (unpaired) electrons. The van der Waals surface area contributed by atoms with Gasteiger partial charge in [0.2, 0.25) is 0 Å². The minimum absolute atomic E-state index is 0.0217. The zero-order valence-corrected chi connectivity index (χ0v) is 16.4. The third-order valence-electron chi connectivity index (χ3n) is 4.15. The number of nitrogens with zero attached hydrogens (tertiary/aromatic N) is 1. The van der Waals surface area contributed by atoms with Crippen LogP contribution in [0.15, 0.2) is 77.8 Å². The highest BCUT2D eigenvalue weighted by Crippen LogP contribution is 2.23. The Balaban J connectivity index is 1.79. The standard InChI is InChI=1S/C20H20N4O4S/c1-2-24(16-9-4-3-5-10-16)29(27,28)17-11-6-8-15(14-17)19(25)22-23-20(26)18-12-7-13-21-18/h3-14,21H,2H2,1H3,(H,22,25)(H,23,26). The molecule has 0 saturated carbocycles. The third kappa shape index (κ3) is 4.46. The third-order valence-corrected chi connectivity index (χ3v) is 6.05. The van der Waals surface area contributed by atoms with Crippen LogP contribution in [0.1, 0.15) is 27.8 Å². The van der Waals surface area contributed by atoms with Crippen LogP contribution in [0.5, 0.6) is 0 Å². The van der Waals surface area contributed by atoms with E-state index in [-0.39, 0.29) is 22.7 Å². The van der Waals surface area contributed by atoms with Crippen molar-refractivity contribution in [2.75, 3.05) is 10.8 Å². The number of nitrogens with one attached hydrogen (secondary N) is 3. The average molecular weight is 412 g/mol. The number of carbonyl (C=O) groups excluding carboxylic acids is 2. The van der Waals surface area contributed by atoms with Crippen molar-refractivity contribution in [2.45, 2.75) is 11.8 Å². The highest BCUT2D eigenvalue weighted by Gasteiger charge is 2.24. The summed E-state index contributed by atoms with van der Waals surface area (Å²) in [5.74, 6) is -1.15. The van der Waals surface area contributed by atoms with Crippen molar-refractivity contribution in [3.8, 4) is 0 Å². The number of amides is 2.